The van der Waals surface area contributed by atoms with Crippen molar-refractivity contribution in [3.63, 3.8) is 0 Å². The molecule has 2 rings (SSSR count). The highest BCUT2D eigenvalue weighted by Crippen LogP contribution is 2.25. The summed E-state index contributed by atoms with van der Waals surface area (Å²) in [4.78, 5) is 14.2. The molecule has 0 bridgehead atoms. The first kappa shape index (κ1) is 16.7. The van der Waals surface area contributed by atoms with Crippen LogP contribution in [-0.4, -0.2) is 74.9 Å². The third-order valence-electron chi connectivity index (χ3n) is 4.19. The van der Waals surface area contributed by atoms with Crippen LogP contribution in [0.4, 0.5) is 0 Å². The molecule has 0 radical (unpaired) electrons. The van der Waals surface area contributed by atoms with Gasteiger partial charge in [0, 0.05) is 19.1 Å². The van der Waals surface area contributed by atoms with E-state index < -0.39 is 25.9 Å². The van der Waals surface area contributed by atoms with E-state index in [1.165, 1.54) is 4.31 Å². The van der Waals surface area contributed by atoms with Crippen molar-refractivity contribution >= 4 is 25.8 Å². The first-order valence-corrected chi connectivity index (χ1v) is 10.8. The average molecular weight is 338 g/mol. The molecule has 2 unspecified atom stereocenters. The predicted octanol–water partition coefficient (Wildman–Crippen LogP) is -0.554. The maximum Gasteiger partial charge on any atom is 0.241 e. The van der Waals surface area contributed by atoms with E-state index >= 15 is 0 Å². The Hall–Kier alpha value is -0.670. The maximum absolute atomic E-state index is 12.7. The van der Waals surface area contributed by atoms with Gasteiger partial charge in [-0.25, -0.2) is 16.8 Å². The fourth-order valence-electron chi connectivity index (χ4n) is 3.19. The van der Waals surface area contributed by atoms with Crippen molar-refractivity contribution in [2.24, 2.45) is 0 Å². The summed E-state index contributed by atoms with van der Waals surface area (Å²) in [6.07, 6.45) is 2.70. The highest BCUT2D eigenvalue weighted by Gasteiger charge is 2.42. The van der Waals surface area contributed by atoms with Crippen LogP contribution >= 0.6 is 0 Å². The molecule has 9 heteroatoms. The summed E-state index contributed by atoms with van der Waals surface area (Å²) in [7, 11) is -6.49. The van der Waals surface area contributed by atoms with Crippen molar-refractivity contribution in [3.8, 4) is 0 Å². The molecule has 21 heavy (non-hydrogen) atoms. The van der Waals surface area contributed by atoms with Gasteiger partial charge < -0.3 is 4.90 Å². The van der Waals surface area contributed by atoms with Gasteiger partial charge >= 0.3 is 0 Å². The zero-order chi connectivity index (χ0) is 15.8. The van der Waals surface area contributed by atoms with E-state index in [4.69, 9.17) is 0 Å². The van der Waals surface area contributed by atoms with E-state index in [1.807, 2.05) is 0 Å². The first-order valence-electron chi connectivity index (χ1n) is 7.13. The van der Waals surface area contributed by atoms with Crippen molar-refractivity contribution in [1.82, 2.24) is 9.21 Å². The largest absolute Gasteiger partial charge is 0.338 e. The molecule has 2 aliphatic heterocycles. The fourth-order valence-corrected chi connectivity index (χ4v) is 6.04. The number of nitrogens with zero attached hydrogens (tertiary/aromatic N) is 2. The number of likely N-dealkylation sites (N-methyl/N-ethyl adjacent to an activating group) is 1. The van der Waals surface area contributed by atoms with E-state index in [-0.39, 0.29) is 23.5 Å². The van der Waals surface area contributed by atoms with Gasteiger partial charge in [0.2, 0.25) is 15.9 Å². The highest BCUT2D eigenvalue weighted by molar-refractivity contribution is 7.91. The maximum atomic E-state index is 12.7. The lowest BCUT2D eigenvalue weighted by Crippen LogP contribution is -2.51. The summed E-state index contributed by atoms with van der Waals surface area (Å²) >= 11 is 0. The molecule has 2 aliphatic rings. The zero-order valence-electron chi connectivity index (χ0n) is 12.4. The Labute approximate surface area is 126 Å². The van der Waals surface area contributed by atoms with Gasteiger partial charge in [-0.2, -0.15) is 4.31 Å². The van der Waals surface area contributed by atoms with E-state index in [0.29, 0.717) is 32.4 Å². The van der Waals surface area contributed by atoms with Gasteiger partial charge in [0.25, 0.3) is 0 Å². The number of amides is 1. The molecule has 1 amide bonds. The molecule has 2 heterocycles. The van der Waals surface area contributed by atoms with Crippen LogP contribution in [-0.2, 0) is 24.7 Å². The second-order valence-corrected chi connectivity index (χ2v) is 9.88. The Bertz CT molecular complexity index is 614. The number of carbonyl (C=O) groups excluding carboxylic acids is 1. The molecule has 0 aliphatic carbocycles. The van der Waals surface area contributed by atoms with Gasteiger partial charge in [-0.1, -0.05) is 0 Å². The predicted molar refractivity (Wildman–Crippen MR) is 79.0 cm³/mol. The van der Waals surface area contributed by atoms with Gasteiger partial charge in [-0.15, -0.1) is 0 Å². The van der Waals surface area contributed by atoms with Crippen molar-refractivity contribution in [2.75, 3.05) is 30.9 Å². The van der Waals surface area contributed by atoms with Crippen molar-refractivity contribution in [1.29, 1.82) is 0 Å². The first-order chi connectivity index (χ1) is 9.65. The number of carbonyl (C=O) groups is 1. The van der Waals surface area contributed by atoms with Crippen LogP contribution in [0.2, 0.25) is 0 Å². The Kier molecular flexibility index (Phi) is 4.65. The fraction of sp³-hybridized carbons (Fsp3) is 0.917. The minimum Gasteiger partial charge on any atom is -0.338 e. The third-order valence-corrected chi connectivity index (χ3v) is 7.23. The molecule has 0 saturated carbocycles. The SMILES string of the molecule is CCN(C(=O)C1CCCN1S(C)(=O)=O)C1CCS(=O)(=O)C1. The number of sulfone groups is 1. The number of sulfonamides is 1. The summed E-state index contributed by atoms with van der Waals surface area (Å²) in [5.41, 5.74) is 0. The van der Waals surface area contributed by atoms with Gasteiger partial charge in [-0.3, -0.25) is 4.79 Å². The molecule has 2 fully saturated rings. The Morgan fingerprint density at radius 3 is 2.48 bits per heavy atom. The number of rotatable bonds is 4. The molecule has 0 aromatic heterocycles. The monoisotopic (exact) mass is 338 g/mol. The lowest BCUT2D eigenvalue weighted by atomic mass is 10.1. The molecule has 0 aromatic carbocycles. The van der Waals surface area contributed by atoms with Gasteiger partial charge in [0.15, 0.2) is 9.84 Å². The van der Waals surface area contributed by atoms with Crippen LogP contribution in [0.3, 0.4) is 0 Å². The summed E-state index contributed by atoms with van der Waals surface area (Å²) in [5.74, 6) is -0.178. The molecule has 2 saturated heterocycles. The normalized spacial score (nSPS) is 29.6. The van der Waals surface area contributed by atoms with Gasteiger partial charge in [0.1, 0.15) is 6.04 Å². The van der Waals surface area contributed by atoms with Gasteiger partial charge in [0.05, 0.1) is 17.8 Å². The Balaban J connectivity index is 2.17. The Morgan fingerprint density at radius 2 is 2.00 bits per heavy atom. The molecule has 0 N–H and O–H groups in total. The van der Waals surface area contributed by atoms with Crippen LogP contribution in [0.25, 0.3) is 0 Å². The van der Waals surface area contributed by atoms with E-state index in [1.54, 1.807) is 11.8 Å². The molecular formula is C12H22N2O5S2. The molecule has 2 atom stereocenters. The Morgan fingerprint density at radius 1 is 1.33 bits per heavy atom. The highest BCUT2D eigenvalue weighted by atomic mass is 32.2. The van der Waals surface area contributed by atoms with Crippen LogP contribution in [0.5, 0.6) is 0 Å². The van der Waals surface area contributed by atoms with Crippen LogP contribution < -0.4 is 0 Å². The van der Waals surface area contributed by atoms with Crippen molar-refractivity contribution < 1.29 is 21.6 Å². The van der Waals surface area contributed by atoms with E-state index in [2.05, 4.69) is 0 Å². The summed E-state index contributed by atoms with van der Waals surface area (Å²) in [5, 5.41) is 0. The second-order valence-electron chi connectivity index (χ2n) is 5.71. The van der Waals surface area contributed by atoms with Crippen molar-refractivity contribution in [2.45, 2.75) is 38.3 Å². The summed E-state index contributed by atoms with van der Waals surface area (Å²) in [6, 6.07) is -1.00. The molecular weight excluding hydrogens is 316 g/mol. The zero-order valence-corrected chi connectivity index (χ0v) is 14.0. The van der Waals surface area contributed by atoms with E-state index in [9.17, 15) is 21.6 Å². The molecule has 0 aromatic rings. The second kappa shape index (κ2) is 5.85. The quantitative estimate of drug-likeness (QED) is 0.685. The molecule has 0 spiro atoms. The summed E-state index contributed by atoms with van der Waals surface area (Å²) < 4.78 is 47.9. The minimum absolute atomic E-state index is 0.0157. The van der Waals surface area contributed by atoms with Crippen LogP contribution in [0.15, 0.2) is 0 Å². The smallest absolute Gasteiger partial charge is 0.241 e. The molecule has 122 valence electrons. The minimum atomic E-state index is -3.42. The third kappa shape index (κ3) is 3.57. The van der Waals surface area contributed by atoms with Crippen LogP contribution in [0, 0.1) is 0 Å². The van der Waals surface area contributed by atoms with E-state index in [0.717, 1.165) is 6.26 Å². The standard InChI is InChI=1S/C12H22N2O5S2/c1-3-13(10-6-8-21(18,19)9-10)12(15)11-5-4-7-14(11)20(2,16)17/h10-11H,3-9H2,1-2H3. The molecule has 7 nitrogen and oxygen atoms in total. The average Bonchev–Trinajstić information content (AvgIpc) is 2.96. The lowest BCUT2D eigenvalue weighted by Gasteiger charge is -2.32. The van der Waals surface area contributed by atoms with Gasteiger partial charge in [-0.05, 0) is 26.2 Å². The topological polar surface area (TPSA) is 91.8 Å². The van der Waals surface area contributed by atoms with Crippen molar-refractivity contribution in [3.05, 3.63) is 0 Å². The summed E-state index contributed by atoms with van der Waals surface area (Å²) in [6.45, 7) is 2.55. The van der Waals surface area contributed by atoms with Crippen LogP contribution in [0.1, 0.15) is 26.2 Å². The number of hydrogen-bond acceptors (Lipinski definition) is 5. The lowest BCUT2D eigenvalue weighted by molar-refractivity contribution is -0.136. The number of hydrogen-bond donors (Lipinski definition) is 0.